The fourth-order valence-electron chi connectivity index (χ4n) is 4.64. The summed E-state index contributed by atoms with van der Waals surface area (Å²) in [5.74, 6) is -0.000191. The molecule has 0 saturated carbocycles. The molecule has 0 aliphatic carbocycles. The second kappa shape index (κ2) is 13.0. The largest absolute Gasteiger partial charge is 0.366 e. The molecule has 2 aromatic heterocycles. The first kappa shape index (κ1) is 30.4. The van der Waals surface area contributed by atoms with Crippen LogP contribution in [-0.2, 0) is 16.8 Å². The van der Waals surface area contributed by atoms with E-state index in [-0.39, 0.29) is 23.7 Å². The minimum atomic E-state index is -0.410. The van der Waals surface area contributed by atoms with Gasteiger partial charge in [0.25, 0.3) is 11.7 Å². The number of carbonyl (C=O) groups is 2. The van der Waals surface area contributed by atoms with E-state index >= 15 is 0 Å². The van der Waals surface area contributed by atoms with Crippen molar-refractivity contribution in [2.24, 2.45) is 0 Å². The van der Waals surface area contributed by atoms with Crippen molar-refractivity contribution in [1.29, 1.82) is 5.26 Å². The highest BCUT2D eigenvalue weighted by molar-refractivity contribution is 5.90. The van der Waals surface area contributed by atoms with E-state index in [1.807, 2.05) is 75.9 Å². The molecule has 0 atom stereocenters. The maximum atomic E-state index is 12.6. The average Bonchev–Trinajstić information content (AvgIpc) is 3.47. The lowest BCUT2D eigenvalue weighted by Crippen LogP contribution is -2.48. The highest BCUT2D eigenvalue weighted by Crippen LogP contribution is 2.35. The number of hydrogen-bond donors (Lipinski definition) is 1. The first-order chi connectivity index (χ1) is 20.0. The lowest BCUT2D eigenvalue weighted by atomic mass is 9.95. The molecule has 0 bridgehead atoms. The van der Waals surface area contributed by atoms with Crippen LogP contribution in [0.5, 0.6) is 0 Å². The summed E-state index contributed by atoms with van der Waals surface area (Å²) in [6.07, 6.45) is 6.87. The lowest BCUT2D eigenvalue weighted by Gasteiger charge is -2.36. The number of anilines is 1. The van der Waals surface area contributed by atoms with Crippen molar-refractivity contribution in [1.82, 2.24) is 30.2 Å². The third-order valence-corrected chi connectivity index (χ3v) is 7.05. The van der Waals surface area contributed by atoms with Crippen molar-refractivity contribution in [3.63, 3.8) is 0 Å². The molecular weight excluding hydrogens is 532 g/mol. The highest BCUT2D eigenvalue weighted by atomic mass is 16.5. The van der Waals surface area contributed by atoms with Crippen LogP contribution in [0.15, 0.2) is 47.3 Å². The Kier molecular flexibility index (Phi) is 9.38. The van der Waals surface area contributed by atoms with E-state index in [1.165, 1.54) is 0 Å². The van der Waals surface area contributed by atoms with Crippen LogP contribution in [0.1, 0.15) is 54.0 Å². The van der Waals surface area contributed by atoms with Crippen LogP contribution < -0.4 is 10.2 Å². The highest BCUT2D eigenvalue weighted by Gasteiger charge is 2.25. The fourth-order valence-corrected chi connectivity index (χ4v) is 4.64. The number of aryl methyl sites for hydroxylation is 1. The molecule has 1 aromatic carbocycles. The topological polar surface area (TPSA) is 131 Å². The normalized spacial score (nSPS) is 14.0. The number of piperazine rings is 1. The summed E-state index contributed by atoms with van der Waals surface area (Å²) < 4.78 is 5.23. The number of rotatable bonds is 8. The van der Waals surface area contributed by atoms with Crippen LogP contribution >= 0.6 is 0 Å². The standard InChI is InChI=1S/C31H38N8O3/c1-21-16-22(9-10-23(21)19-34-29(41)28-35-30(42-36-28)31(2,3)4)27-24(17-32)18-33-20-25(27)38-12-14-39(15-13-38)26(40)8-7-11-37(5)6/h7-10,16,18,20H,11-15,19H2,1-6H3,(H,34,41). The third-order valence-electron chi connectivity index (χ3n) is 7.05. The Balaban J connectivity index is 1.48. The molecule has 0 radical (unpaired) electrons. The third kappa shape index (κ3) is 7.19. The van der Waals surface area contributed by atoms with E-state index < -0.39 is 5.91 Å². The van der Waals surface area contributed by atoms with Gasteiger partial charge in [0.15, 0.2) is 0 Å². The molecule has 3 aromatic rings. The Bertz CT molecular complexity index is 1510. The Hall–Kier alpha value is -4.56. The van der Waals surface area contributed by atoms with Crippen LogP contribution in [0, 0.1) is 18.3 Å². The van der Waals surface area contributed by atoms with E-state index in [9.17, 15) is 14.9 Å². The molecule has 4 rings (SSSR count). The predicted octanol–water partition coefficient (Wildman–Crippen LogP) is 3.31. The Morgan fingerprint density at radius 3 is 2.52 bits per heavy atom. The van der Waals surface area contributed by atoms with Gasteiger partial charge in [0.05, 0.1) is 17.4 Å². The van der Waals surface area contributed by atoms with Gasteiger partial charge in [0.2, 0.25) is 11.8 Å². The van der Waals surface area contributed by atoms with E-state index in [0.29, 0.717) is 44.2 Å². The van der Waals surface area contributed by atoms with E-state index in [1.54, 1.807) is 18.5 Å². The molecule has 42 heavy (non-hydrogen) atoms. The summed E-state index contributed by atoms with van der Waals surface area (Å²) >= 11 is 0. The molecule has 1 N–H and O–H groups in total. The van der Waals surface area contributed by atoms with Gasteiger partial charge >= 0.3 is 0 Å². The molecule has 1 aliphatic heterocycles. The maximum Gasteiger partial charge on any atom is 0.292 e. The fraction of sp³-hybridized carbons (Fsp3) is 0.419. The zero-order chi connectivity index (χ0) is 30.4. The van der Waals surface area contributed by atoms with Crippen LogP contribution in [0.3, 0.4) is 0 Å². The summed E-state index contributed by atoms with van der Waals surface area (Å²) in [5.41, 5.74) is 4.56. The van der Waals surface area contributed by atoms with Gasteiger partial charge < -0.3 is 24.5 Å². The van der Waals surface area contributed by atoms with Gasteiger partial charge in [-0.1, -0.05) is 50.2 Å². The van der Waals surface area contributed by atoms with Crippen LogP contribution in [0.2, 0.25) is 0 Å². The van der Waals surface area contributed by atoms with Crippen molar-refractivity contribution in [2.45, 2.75) is 39.7 Å². The lowest BCUT2D eigenvalue weighted by molar-refractivity contribution is -0.126. The van der Waals surface area contributed by atoms with Crippen LogP contribution in [0.25, 0.3) is 11.1 Å². The van der Waals surface area contributed by atoms with Gasteiger partial charge in [-0.05, 0) is 37.7 Å². The summed E-state index contributed by atoms with van der Waals surface area (Å²) in [5, 5.41) is 16.6. The molecule has 1 aliphatic rings. The Labute approximate surface area is 246 Å². The minimum absolute atomic E-state index is 0.000621. The van der Waals surface area contributed by atoms with E-state index in [4.69, 9.17) is 4.52 Å². The first-order valence-electron chi connectivity index (χ1n) is 13.9. The molecule has 220 valence electrons. The summed E-state index contributed by atoms with van der Waals surface area (Å²) in [4.78, 5) is 39.8. The number of nitriles is 1. The van der Waals surface area contributed by atoms with Gasteiger partial charge in [-0.2, -0.15) is 10.2 Å². The second-order valence-electron chi connectivity index (χ2n) is 11.7. The van der Waals surface area contributed by atoms with Crippen LogP contribution in [0.4, 0.5) is 5.69 Å². The maximum absolute atomic E-state index is 12.6. The average molecular weight is 571 g/mol. The zero-order valence-corrected chi connectivity index (χ0v) is 25.1. The van der Waals surface area contributed by atoms with Crippen molar-refractivity contribution in [3.8, 4) is 17.2 Å². The summed E-state index contributed by atoms with van der Waals surface area (Å²) in [6, 6.07) is 8.21. The number of aromatic nitrogens is 3. The number of pyridine rings is 1. The number of nitrogens with zero attached hydrogens (tertiary/aromatic N) is 7. The van der Waals surface area contributed by atoms with Crippen molar-refractivity contribution in [2.75, 3.05) is 51.7 Å². The minimum Gasteiger partial charge on any atom is -0.366 e. The van der Waals surface area contributed by atoms with Gasteiger partial charge in [0.1, 0.15) is 6.07 Å². The SMILES string of the molecule is Cc1cc(-c2c(C#N)cncc2N2CCN(C(=O)C=CCN(C)C)CC2)ccc1CNC(=O)c1noc(C(C)(C)C)n1. The van der Waals surface area contributed by atoms with Crippen LogP contribution in [-0.4, -0.2) is 83.6 Å². The molecule has 1 saturated heterocycles. The predicted molar refractivity (Wildman–Crippen MR) is 160 cm³/mol. The van der Waals surface area contributed by atoms with E-state index in [2.05, 4.69) is 31.4 Å². The molecule has 11 nitrogen and oxygen atoms in total. The molecule has 3 heterocycles. The molecule has 0 unspecified atom stereocenters. The summed E-state index contributed by atoms with van der Waals surface area (Å²) in [7, 11) is 3.92. The van der Waals surface area contributed by atoms with Gasteiger partial charge in [-0.15, -0.1) is 0 Å². The molecular formula is C31H38N8O3. The van der Waals surface area contributed by atoms with Gasteiger partial charge in [0, 0.05) is 62.5 Å². The monoisotopic (exact) mass is 570 g/mol. The Morgan fingerprint density at radius 1 is 1.17 bits per heavy atom. The van der Waals surface area contributed by atoms with Crippen molar-refractivity contribution < 1.29 is 14.1 Å². The van der Waals surface area contributed by atoms with E-state index in [0.717, 1.165) is 27.9 Å². The van der Waals surface area contributed by atoms with Gasteiger partial charge in [-0.25, -0.2) is 0 Å². The quantitative estimate of drug-likeness (QED) is 0.405. The Morgan fingerprint density at radius 2 is 1.90 bits per heavy atom. The summed E-state index contributed by atoms with van der Waals surface area (Å²) in [6.45, 7) is 11.2. The van der Waals surface area contributed by atoms with Crippen molar-refractivity contribution >= 4 is 17.5 Å². The second-order valence-corrected chi connectivity index (χ2v) is 11.7. The zero-order valence-electron chi connectivity index (χ0n) is 25.1. The number of benzene rings is 1. The van der Waals surface area contributed by atoms with Gasteiger partial charge in [-0.3, -0.25) is 14.6 Å². The molecule has 11 heteroatoms. The number of amides is 2. The smallest absolute Gasteiger partial charge is 0.292 e. The molecule has 2 amide bonds. The molecule has 0 spiro atoms. The number of carbonyl (C=O) groups excluding carboxylic acids is 2. The number of hydrogen-bond acceptors (Lipinski definition) is 9. The number of likely N-dealkylation sites (N-methyl/N-ethyl adjacent to an activating group) is 1. The molecule has 1 fully saturated rings. The van der Waals surface area contributed by atoms with Crippen molar-refractivity contribution in [3.05, 3.63) is 71.2 Å². The first-order valence-corrected chi connectivity index (χ1v) is 13.9. The number of nitrogens with one attached hydrogen (secondary N) is 1.